The topological polar surface area (TPSA) is 96.2 Å². The molecule has 3 atom stereocenters. The summed E-state index contributed by atoms with van der Waals surface area (Å²) in [6.07, 6.45) is 0.110. The van der Waals surface area contributed by atoms with Gasteiger partial charge in [-0.15, -0.1) is 0 Å². The predicted molar refractivity (Wildman–Crippen MR) is 69.9 cm³/mol. The summed E-state index contributed by atoms with van der Waals surface area (Å²) in [5.74, 6) is -0.425. The molecule has 1 aliphatic heterocycles. The molecule has 2 rings (SSSR count). The normalized spacial score (nSPS) is 26.0. The number of esters is 1. The fourth-order valence-electron chi connectivity index (χ4n) is 1.78. The average Bonchev–Trinajstić information content (AvgIpc) is 2.76. The zero-order valence-electron chi connectivity index (χ0n) is 10.7. The summed E-state index contributed by atoms with van der Waals surface area (Å²) in [5, 5.41) is 27.9. The van der Waals surface area contributed by atoms with Crippen LogP contribution in [0.2, 0.25) is 0 Å². The molecule has 20 heavy (non-hydrogen) atoms. The first-order valence-corrected chi connectivity index (χ1v) is 6.18. The molecule has 0 amide bonds. The number of ether oxygens (including phenoxy) is 2. The van der Waals surface area contributed by atoms with E-state index in [0.29, 0.717) is 0 Å². The van der Waals surface area contributed by atoms with Crippen LogP contribution in [0.25, 0.3) is 6.08 Å². The Bertz CT molecular complexity index is 481. The van der Waals surface area contributed by atoms with Crippen LogP contribution in [0.15, 0.2) is 30.3 Å². The third-order valence-corrected chi connectivity index (χ3v) is 2.95. The molecule has 3 N–H and O–H groups in total. The molecule has 6 nitrogen and oxygen atoms in total. The molecule has 0 bridgehead atoms. The lowest BCUT2D eigenvalue weighted by Gasteiger charge is -2.13. The Morgan fingerprint density at radius 1 is 1.35 bits per heavy atom. The highest BCUT2D eigenvalue weighted by Crippen LogP contribution is 2.15. The van der Waals surface area contributed by atoms with Crippen molar-refractivity contribution >= 4 is 12.0 Å². The Morgan fingerprint density at radius 2 is 2.05 bits per heavy atom. The summed E-state index contributed by atoms with van der Waals surface area (Å²) in [5.41, 5.74) is 0.743. The zero-order chi connectivity index (χ0) is 14.5. The number of phenols is 1. The Labute approximate surface area is 115 Å². The van der Waals surface area contributed by atoms with E-state index in [0.717, 1.165) is 5.56 Å². The summed E-state index contributed by atoms with van der Waals surface area (Å²) < 4.78 is 9.99. The SMILES string of the molecule is O=C(/C=C/c1ccc(O)cc1)OC[C@@H]1OC[C@H](O)[C@H]1O. The summed E-state index contributed by atoms with van der Waals surface area (Å²) in [6.45, 7) is -0.0797. The largest absolute Gasteiger partial charge is 0.508 e. The fourth-order valence-corrected chi connectivity index (χ4v) is 1.78. The number of carbonyl (C=O) groups is 1. The molecule has 0 saturated carbocycles. The predicted octanol–water partition coefficient (Wildman–Crippen LogP) is 0.0692. The van der Waals surface area contributed by atoms with Crippen LogP contribution >= 0.6 is 0 Å². The van der Waals surface area contributed by atoms with Crippen molar-refractivity contribution in [3.05, 3.63) is 35.9 Å². The van der Waals surface area contributed by atoms with Gasteiger partial charge in [-0.25, -0.2) is 4.79 Å². The lowest BCUT2D eigenvalue weighted by molar-refractivity contribution is -0.142. The summed E-state index contributed by atoms with van der Waals surface area (Å²) in [6, 6.07) is 6.32. The van der Waals surface area contributed by atoms with Crippen molar-refractivity contribution in [3.8, 4) is 5.75 Å². The quantitative estimate of drug-likeness (QED) is 0.533. The van der Waals surface area contributed by atoms with E-state index in [-0.39, 0.29) is 19.0 Å². The van der Waals surface area contributed by atoms with Gasteiger partial charge in [-0.1, -0.05) is 12.1 Å². The molecule has 108 valence electrons. The third kappa shape index (κ3) is 3.80. The molecule has 0 aliphatic carbocycles. The molecule has 1 heterocycles. The number of carbonyl (C=O) groups excluding carboxylic acids is 1. The third-order valence-electron chi connectivity index (χ3n) is 2.95. The van der Waals surface area contributed by atoms with Crippen LogP contribution in [0.5, 0.6) is 5.75 Å². The van der Waals surface area contributed by atoms with Crippen LogP contribution in [0.1, 0.15) is 5.56 Å². The number of hydrogen-bond acceptors (Lipinski definition) is 6. The molecule has 1 saturated heterocycles. The fraction of sp³-hybridized carbons (Fsp3) is 0.357. The van der Waals surface area contributed by atoms with Gasteiger partial charge >= 0.3 is 5.97 Å². The maximum Gasteiger partial charge on any atom is 0.330 e. The Kier molecular flexibility index (Phi) is 4.73. The van der Waals surface area contributed by atoms with Gasteiger partial charge in [0, 0.05) is 6.08 Å². The number of hydrogen-bond donors (Lipinski definition) is 3. The number of aliphatic hydroxyl groups excluding tert-OH is 2. The smallest absolute Gasteiger partial charge is 0.330 e. The Morgan fingerprint density at radius 3 is 2.65 bits per heavy atom. The lowest BCUT2D eigenvalue weighted by Crippen LogP contribution is -2.33. The molecular weight excluding hydrogens is 264 g/mol. The van der Waals surface area contributed by atoms with Crippen molar-refractivity contribution in [1.29, 1.82) is 0 Å². The Hall–Kier alpha value is -1.89. The number of rotatable bonds is 4. The molecule has 0 unspecified atom stereocenters. The highest BCUT2D eigenvalue weighted by Gasteiger charge is 2.35. The van der Waals surface area contributed by atoms with Gasteiger partial charge in [-0.3, -0.25) is 0 Å². The Balaban J connectivity index is 1.79. The van der Waals surface area contributed by atoms with Crippen molar-refractivity contribution in [2.24, 2.45) is 0 Å². The minimum absolute atomic E-state index is 0.0345. The van der Waals surface area contributed by atoms with Crippen LogP contribution < -0.4 is 0 Å². The van der Waals surface area contributed by atoms with Crippen molar-refractivity contribution in [2.45, 2.75) is 18.3 Å². The van der Waals surface area contributed by atoms with Crippen LogP contribution in [-0.4, -0.2) is 52.8 Å². The van der Waals surface area contributed by atoms with Gasteiger partial charge in [0.1, 0.15) is 30.7 Å². The first-order chi connectivity index (χ1) is 9.56. The van der Waals surface area contributed by atoms with Crippen molar-refractivity contribution < 1.29 is 29.6 Å². The monoisotopic (exact) mass is 280 g/mol. The van der Waals surface area contributed by atoms with Gasteiger partial charge in [0.2, 0.25) is 0 Å². The molecule has 1 fully saturated rings. The van der Waals surface area contributed by atoms with Gasteiger partial charge in [0.25, 0.3) is 0 Å². The van der Waals surface area contributed by atoms with E-state index in [9.17, 15) is 15.0 Å². The van der Waals surface area contributed by atoms with Crippen LogP contribution in [0.3, 0.4) is 0 Å². The summed E-state index contributed by atoms with van der Waals surface area (Å²) >= 11 is 0. The minimum atomic E-state index is -1.04. The van der Waals surface area contributed by atoms with Crippen molar-refractivity contribution in [2.75, 3.05) is 13.2 Å². The van der Waals surface area contributed by atoms with E-state index in [1.807, 2.05) is 0 Å². The molecule has 0 spiro atoms. The number of aliphatic hydroxyl groups is 2. The molecule has 1 aromatic carbocycles. The standard InChI is InChI=1S/C14H16O6/c15-10-4-1-9(2-5-10)3-6-13(17)20-8-12-14(18)11(16)7-19-12/h1-6,11-12,14-16,18H,7-8H2/b6-3+/t11-,12-,14+/m0/s1. The second kappa shape index (κ2) is 6.51. The first-order valence-electron chi connectivity index (χ1n) is 6.18. The minimum Gasteiger partial charge on any atom is -0.508 e. The van der Waals surface area contributed by atoms with E-state index in [1.165, 1.54) is 18.2 Å². The summed E-state index contributed by atoms with van der Waals surface area (Å²) in [7, 11) is 0. The van der Waals surface area contributed by atoms with Crippen molar-refractivity contribution in [1.82, 2.24) is 0 Å². The first kappa shape index (κ1) is 14.5. The van der Waals surface area contributed by atoms with E-state index in [2.05, 4.69) is 0 Å². The molecule has 1 aliphatic rings. The lowest BCUT2D eigenvalue weighted by atomic mass is 10.2. The number of phenolic OH excluding ortho intramolecular Hbond substituents is 1. The van der Waals surface area contributed by atoms with Gasteiger partial charge in [0.05, 0.1) is 6.61 Å². The van der Waals surface area contributed by atoms with E-state index < -0.39 is 24.3 Å². The molecule has 1 aromatic rings. The summed E-state index contributed by atoms with van der Waals surface area (Å²) in [4.78, 5) is 11.5. The highest BCUT2D eigenvalue weighted by molar-refractivity contribution is 5.87. The van der Waals surface area contributed by atoms with Gasteiger partial charge in [-0.2, -0.15) is 0 Å². The van der Waals surface area contributed by atoms with E-state index in [1.54, 1.807) is 18.2 Å². The second-order valence-corrected chi connectivity index (χ2v) is 4.48. The molecule has 0 radical (unpaired) electrons. The number of aromatic hydroxyl groups is 1. The van der Waals surface area contributed by atoms with E-state index >= 15 is 0 Å². The van der Waals surface area contributed by atoms with Crippen LogP contribution in [0.4, 0.5) is 0 Å². The maximum atomic E-state index is 11.5. The highest BCUT2D eigenvalue weighted by atomic mass is 16.6. The maximum absolute atomic E-state index is 11.5. The van der Waals surface area contributed by atoms with E-state index in [4.69, 9.17) is 14.6 Å². The van der Waals surface area contributed by atoms with Crippen molar-refractivity contribution in [3.63, 3.8) is 0 Å². The van der Waals surface area contributed by atoms with Crippen LogP contribution in [0, 0.1) is 0 Å². The van der Waals surface area contributed by atoms with Gasteiger partial charge in [-0.05, 0) is 23.8 Å². The van der Waals surface area contributed by atoms with Crippen LogP contribution in [-0.2, 0) is 14.3 Å². The zero-order valence-corrected chi connectivity index (χ0v) is 10.7. The van der Waals surface area contributed by atoms with Gasteiger partial charge in [0.15, 0.2) is 0 Å². The molecular formula is C14H16O6. The molecule has 6 heteroatoms. The number of benzene rings is 1. The average molecular weight is 280 g/mol. The second-order valence-electron chi connectivity index (χ2n) is 4.48. The van der Waals surface area contributed by atoms with Gasteiger partial charge < -0.3 is 24.8 Å². The molecule has 0 aromatic heterocycles.